The van der Waals surface area contributed by atoms with Crippen molar-refractivity contribution in [3.8, 4) is 0 Å². The zero-order valence-corrected chi connectivity index (χ0v) is 15.5. The number of rotatable bonds is 10. The summed E-state index contributed by atoms with van der Waals surface area (Å²) in [7, 11) is 2.18. The molecule has 0 aliphatic heterocycles. The predicted octanol–water partition coefficient (Wildman–Crippen LogP) is 4.78. The van der Waals surface area contributed by atoms with Crippen LogP contribution in [0.2, 0.25) is 0 Å². The third-order valence-electron chi connectivity index (χ3n) is 4.18. The first-order valence-electron chi connectivity index (χ1n) is 8.48. The van der Waals surface area contributed by atoms with Crippen LogP contribution in [0.15, 0.2) is 0 Å². The van der Waals surface area contributed by atoms with Gasteiger partial charge in [-0.05, 0) is 38.6 Å². The lowest BCUT2D eigenvalue weighted by molar-refractivity contribution is 0.612. The van der Waals surface area contributed by atoms with Crippen LogP contribution in [-0.2, 0) is 6.54 Å². The molecular formula is C17H33N3S. The topological polar surface area (TPSA) is 28.2 Å². The molecule has 0 aliphatic rings. The average Bonchev–Trinajstić information content (AvgIpc) is 2.90. The molecule has 2 unspecified atom stereocenters. The zero-order valence-electron chi connectivity index (χ0n) is 14.7. The third-order valence-corrected chi connectivity index (χ3v) is 5.34. The van der Waals surface area contributed by atoms with Gasteiger partial charge >= 0.3 is 0 Å². The van der Waals surface area contributed by atoms with Crippen molar-refractivity contribution in [2.24, 2.45) is 0 Å². The minimum Gasteiger partial charge on any atom is -0.348 e. The first kappa shape index (κ1) is 18.4. The summed E-state index contributed by atoms with van der Waals surface area (Å²) in [4.78, 5) is 8.74. The Kier molecular flexibility index (Phi) is 8.27. The SMILES string of the molecule is CCCNCc1sc(N(C)C(C)CCC)nc1C(C)CC. The highest BCUT2D eigenvalue weighted by Gasteiger charge is 2.19. The minimum absolute atomic E-state index is 0.545. The van der Waals surface area contributed by atoms with E-state index in [1.54, 1.807) is 0 Å². The molecule has 0 bridgehead atoms. The third kappa shape index (κ3) is 5.26. The summed E-state index contributed by atoms with van der Waals surface area (Å²) in [5, 5.41) is 4.71. The van der Waals surface area contributed by atoms with E-state index >= 15 is 0 Å². The first-order chi connectivity index (χ1) is 10.0. The van der Waals surface area contributed by atoms with Gasteiger partial charge in [-0.1, -0.05) is 34.1 Å². The average molecular weight is 312 g/mol. The van der Waals surface area contributed by atoms with Crippen molar-refractivity contribution in [1.82, 2.24) is 10.3 Å². The van der Waals surface area contributed by atoms with E-state index in [1.165, 1.54) is 35.0 Å². The highest BCUT2D eigenvalue weighted by Crippen LogP contribution is 2.32. The molecule has 0 amide bonds. The van der Waals surface area contributed by atoms with Crippen molar-refractivity contribution < 1.29 is 0 Å². The van der Waals surface area contributed by atoms with E-state index in [0.717, 1.165) is 19.5 Å². The maximum Gasteiger partial charge on any atom is 0.185 e. The molecule has 2 atom stereocenters. The molecule has 1 aromatic heterocycles. The molecule has 21 heavy (non-hydrogen) atoms. The number of hydrogen-bond donors (Lipinski definition) is 1. The van der Waals surface area contributed by atoms with Gasteiger partial charge in [0.2, 0.25) is 0 Å². The molecule has 0 aliphatic carbocycles. The summed E-state index contributed by atoms with van der Waals surface area (Å²) in [6.45, 7) is 13.3. The van der Waals surface area contributed by atoms with E-state index < -0.39 is 0 Å². The Morgan fingerprint density at radius 3 is 2.48 bits per heavy atom. The fourth-order valence-corrected chi connectivity index (χ4v) is 3.60. The van der Waals surface area contributed by atoms with Gasteiger partial charge in [-0.25, -0.2) is 4.98 Å². The van der Waals surface area contributed by atoms with Gasteiger partial charge in [-0.2, -0.15) is 0 Å². The molecule has 1 rings (SSSR count). The molecule has 0 fully saturated rings. The Balaban J connectivity index is 2.90. The molecule has 1 aromatic rings. The normalized spacial score (nSPS) is 14.2. The van der Waals surface area contributed by atoms with Crippen LogP contribution in [-0.4, -0.2) is 24.6 Å². The molecule has 0 spiro atoms. The lowest BCUT2D eigenvalue weighted by Gasteiger charge is -2.23. The van der Waals surface area contributed by atoms with Crippen LogP contribution >= 0.6 is 11.3 Å². The van der Waals surface area contributed by atoms with Crippen LogP contribution in [0.4, 0.5) is 5.13 Å². The minimum atomic E-state index is 0.545. The van der Waals surface area contributed by atoms with Gasteiger partial charge in [-0.3, -0.25) is 0 Å². The van der Waals surface area contributed by atoms with E-state index in [4.69, 9.17) is 4.98 Å². The second-order valence-electron chi connectivity index (χ2n) is 6.04. The van der Waals surface area contributed by atoms with Gasteiger partial charge in [0.05, 0.1) is 5.69 Å². The summed E-state index contributed by atoms with van der Waals surface area (Å²) in [5.41, 5.74) is 1.30. The molecule has 3 nitrogen and oxygen atoms in total. The van der Waals surface area contributed by atoms with Gasteiger partial charge in [0.25, 0.3) is 0 Å². The number of hydrogen-bond acceptors (Lipinski definition) is 4. The van der Waals surface area contributed by atoms with Crippen molar-refractivity contribution in [3.63, 3.8) is 0 Å². The Morgan fingerprint density at radius 2 is 1.90 bits per heavy atom. The lowest BCUT2D eigenvalue weighted by Crippen LogP contribution is -2.28. The molecular weight excluding hydrogens is 278 g/mol. The highest BCUT2D eigenvalue weighted by molar-refractivity contribution is 7.15. The van der Waals surface area contributed by atoms with Crippen LogP contribution in [0.3, 0.4) is 0 Å². The molecule has 1 N–H and O–H groups in total. The maximum absolute atomic E-state index is 4.97. The van der Waals surface area contributed by atoms with Crippen LogP contribution in [0.25, 0.3) is 0 Å². The predicted molar refractivity (Wildman–Crippen MR) is 95.6 cm³/mol. The van der Waals surface area contributed by atoms with Gasteiger partial charge in [0, 0.05) is 24.5 Å². The van der Waals surface area contributed by atoms with E-state index in [2.05, 4.69) is 51.9 Å². The largest absolute Gasteiger partial charge is 0.348 e. The number of nitrogens with zero attached hydrogens (tertiary/aromatic N) is 2. The fraction of sp³-hybridized carbons (Fsp3) is 0.824. The Labute approximate surface area is 135 Å². The summed E-state index contributed by atoms with van der Waals surface area (Å²) in [6.07, 6.45) is 4.77. The summed E-state index contributed by atoms with van der Waals surface area (Å²) in [5.74, 6) is 0.545. The van der Waals surface area contributed by atoms with E-state index in [1.807, 2.05) is 11.3 Å². The van der Waals surface area contributed by atoms with Crippen LogP contribution in [0, 0.1) is 0 Å². The quantitative estimate of drug-likeness (QED) is 0.630. The van der Waals surface area contributed by atoms with Crippen molar-refractivity contribution in [2.45, 2.75) is 78.8 Å². The summed E-state index contributed by atoms with van der Waals surface area (Å²) in [6, 6.07) is 0.558. The standard InChI is InChI=1S/C17H33N3S/c1-7-10-14(5)20(6)17-19-16(13(4)9-3)15(21-17)12-18-11-8-2/h13-14,18H,7-12H2,1-6H3. The Bertz CT molecular complexity index is 403. The van der Waals surface area contributed by atoms with Crippen LogP contribution in [0.1, 0.15) is 76.8 Å². The second kappa shape index (κ2) is 9.42. The smallest absolute Gasteiger partial charge is 0.185 e. The van der Waals surface area contributed by atoms with Crippen molar-refractivity contribution in [1.29, 1.82) is 0 Å². The summed E-state index contributed by atoms with van der Waals surface area (Å²) < 4.78 is 0. The van der Waals surface area contributed by atoms with E-state index in [-0.39, 0.29) is 0 Å². The van der Waals surface area contributed by atoms with Crippen molar-refractivity contribution in [2.75, 3.05) is 18.5 Å². The second-order valence-corrected chi connectivity index (χ2v) is 7.10. The molecule has 0 saturated carbocycles. The molecule has 0 saturated heterocycles. The van der Waals surface area contributed by atoms with Crippen LogP contribution < -0.4 is 10.2 Å². The van der Waals surface area contributed by atoms with Gasteiger partial charge in [-0.15, -0.1) is 11.3 Å². The number of thiazole rings is 1. The molecule has 1 heterocycles. The lowest BCUT2D eigenvalue weighted by atomic mass is 10.0. The molecule has 0 aromatic carbocycles. The fourth-order valence-electron chi connectivity index (χ4n) is 2.39. The molecule has 4 heteroatoms. The number of nitrogens with one attached hydrogen (secondary N) is 1. The van der Waals surface area contributed by atoms with Crippen molar-refractivity contribution >= 4 is 16.5 Å². The monoisotopic (exact) mass is 311 g/mol. The number of aromatic nitrogens is 1. The molecule has 122 valence electrons. The van der Waals surface area contributed by atoms with Gasteiger partial charge in [0.1, 0.15) is 0 Å². The highest BCUT2D eigenvalue weighted by atomic mass is 32.1. The van der Waals surface area contributed by atoms with E-state index in [9.17, 15) is 0 Å². The zero-order chi connectivity index (χ0) is 15.8. The number of anilines is 1. The van der Waals surface area contributed by atoms with Gasteiger partial charge in [0.15, 0.2) is 5.13 Å². The van der Waals surface area contributed by atoms with Gasteiger partial charge < -0.3 is 10.2 Å². The van der Waals surface area contributed by atoms with Crippen molar-refractivity contribution in [3.05, 3.63) is 10.6 Å². The molecule has 0 radical (unpaired) electrons. The van der Waals surface area contributed by atoms with E-state index in [0.29, 0.717) is 12.0 Å². The first-order valence-corrected chi connectivity index (χ1v) is 9.29. The Hall–Kier alpha value is -0.610. The maximum atomic E-state index is 4.97. The van der Waals surface area contributed by atoms with Crippen LogP contribution in [0.5, 0.6) is 0 Å². The summed E-state index contributed by atoms with van der Waals surface area (Å²) >= 11 is 1.87. The Morgan fingerprint density at radius 1 is 1.19 bits per heavy atom.